The maximum atomic E-state index is 12.5. The predicted molar refractivity (Wildman–Crippen MR) is 87.4 cm³/mol. The van der Waals surface area contributed by atoms with Crippen LogP contribution in [0.1, 0.15) is 12.5 Å². The highest BCUT2D eigenvalue weighted by atomic mass is 32.2. The number of hydrogen-bond donors (Lipinski definition) is 1. The van der Waals surface area contributed by atoms with Crippen molar-refractivity contribution in [3.8, 4) is 11.7 Å². The maximum absolute atomic E-state index is 12.5. The Bertz CT molecular complexity index is 876. The number of carbonyl (C=O) groups excluding carboxylic acids is 1. The summed E-state index contributed by atoms with van der Waals surface area (Å²) < 4.78 is 48.1. The zero-order valence-electron chi connectivity index (χ0n) is 13.3. The first kappa shape index (κ1) is 18.1. The van der Waals surface area contributed by atoms with Gasteiger partial charge in [-0.15, -0.1) is 10.2 Å². The lowest BCUT2D eigenvalue weighted by Crippen LogP contribution is -2.22. The van der Waals surface area contributed by atoms with Crippen molar-refractivity contribution in [2.45, 2.75) is 23.6 Å². The molecule has 136 valence electrons. The zero-order chi connectivity index (χ0) is 18.7. The van der Waals surface area contributed by atoms with Crippen molar-refractivity contribution in [3.05, 3.63) is 48.2 Å². The molecule has 0 bridgehead atoms. The second kappa shape index (κ2) is 7.24. The number of carbonyl (C=O) groups is 1. The second-order valence-electron chi connectivity index (χ2n) is 5.17. The first-order chi connectivity index (χ1) is 12.3. The fourth-order valence-corrected chi connectivity index (χ4v) is 2.63. The molecule has 3 rings (SSSR count). The van der Waals surface area contributed by atoms with E-state index in [1.165, 1.54) is 18.4 Å². The number of anilines is 1. The number of benzene rings is 1. The van der Waals surface area contributed by atoms with Crippen LogP contribution in [0.3, 0.4) is 0 Å². The van der Waals surface area contributed by atoms with Gasteiger partial charge >= 0.3 is 6.18 Å². The summed E-state index contributed by atoms with van der Waals surface area (Å²) >= 11 is 1.02. The van der Waals surface area contributed by atoms with E-state index in [1.54, 1.807) is 19.1 Å². The van der Waals surface area contributed by atoms with E-state index < -0.39 is 22.9 Å². The number of amides is 1. The molecule has 1 amide bonds. The molecule has 6 nitrogen and oxygen atoms in total. The highest BCUT2D eigenvalue weighted by Crippen LogP contribution is 2.30. The topological polar surface area (TPSA) is 81.2 Å². The molecular formula is C16H12F3N3O3S. The van der Waals surface area contributed by atoms with Crippen LogP contribution in [0.5, 0.6) is 0 Å². The number of alkyl halides is 3. The summed E-state index contributed by atoms with van der Waals surface area (Å²) in [6.45, 7) is 1.61. The van der Waals surface area contributed by atoms with Gasteiger partial charge in [-0.3, -0.25) is 4.79 Å². The highest BCUT2D eigenvalue weighted by Gasteiger charge is 2.30. The molecule has 1 N–H and O–H groups in total. The Morgan fingerprint density at radius 3 is 2.54 bits per heavy atom. The molecule has 0 radical (unpaired) electrons. The lowest BCUT2D eigenvalue weighted by molar-refractivity contribution is -0.137. The van der Waals surface area contributed by atoms with E-state index in [0.717, 1.165) is 23.9 Å². The minimum atomic E-state index is -4.42. The zero-order valence-corrected chi connectivity index (χ0v) is 14.1. The first-order valence-electron chi connectivity index (χ1n) is 7.35. The summed E-state index contributed by atoms with van der Waals surface area (Å²) in [4.78, 5) is 12.2. The van der Waals surface area contributed by atoms with Gasteiger partial charge in [-0.25, -0.2) is 0 Å². The fourth-order valence-electron chi connectivity index (χ4n) is 1.95. The van der Waals surface area contributed by atoms with Crippen LogP contribution < -0.4 is 5.32 Å². The lowest BCUT2D eigenvalue weighted by Gasteiger charge is -2.11. The maximum Gasteiger partial charge on any atom is 0.416 e. The van der Waals surface area contributed by atoms with Gasteiger partial charge in [0, 0.05) is 5.69 Å². The van der Waals surface area contributed by atoms with Gasteiger partial charge in [0.25, 0.3) is 11.1 Å². The van der Waals surface area contributed by atoms with Crippen molar-refractivity contribution >= 4 is 23.4 Å². The number of nitrogens with one attached hydrogen (secondary N) is 1. The van der Waals surface area contributed by atoms with Gasteiger partial charge in [0.1, 0.15) is 0 Å². The average Bonchev–Trinajstić information content (AvgIpc) is 3.25. The van der Waals surface area contributed by atoms with Crippen molar-refractivity contribution < 1.29 is 26.8 Å². The Kier molecular flexibility index (Phi) is 5.03. The van der Waals surface area contributed by atoms with E-state index in [9.17, 15) is 18.0 Å². The van der Waals surface area contributed by atoms with Crippen molar-refractivity contribution in [2.75, 3.05) is 5.32 Å². The molecule has 1 atom stereocenters. The van der Waals surface area contributed by atoms with Crippen LogP contribution in [0.25, 0.3) is 11.7 Å². The number of furan rings is 1. The number of thioether (sulfide) groups is 1. The smallest absolute Gasteiger partial charge is 0.416 e. The molecule has 0 aliphatic rings. The van der Waals surface area contributed by atoms with Gasteiger partial charge in [0.2, 0.25) is 5.91 Å². The van der Waals surface area contributed by atoms with E-state index in [0.29, 0.717) is 5.76 Å². The summed E-state index contributed by atoms with van der Waals surface area (Å²) in [7, 11) is 0. The molecule has 0 saturated carbocycles. The normalized spacial score (nSPS) is 12.8. The van der Waals surface area contributed by atoms with Crippen molar-refractivity contribution in [2.24, 2.45) is 0 Å². The van der Waals surface area contributed by atoms with Gasteiger partial charge in [-0.1, -0.05) is 11.8 Å². The van der Waals surface area contributed by atoms with Crippen molar-refractivity contribution in [3.63, 3.8) is 0 Å². The molecule has 10 heteroatoms. The Morgan fingerprint density at radius 2 is 1.92 bits per heavy atom. The molecular weight excluding hydrogens is 371 g/mol. The van der Waals surface area contributed by atoms with Crippen molar-refractivity contribution in [1.29, 1.82) is 0 Å². The minimum absolute atomic E-state index is 0.173. The Morgan fingerprint density at radius 1 is 1.19 bits per heavy atom. The molecule has 26 heavy (non-hydrogen) atoms. The largest absolute Gasteiger partial charge is 0.459 e. The molecule has 0 unspecified atom stereocenters. The standard InChI is InChI=1S/C16H12F3N3O3S/c1-9(26-15-22-21-14(25-15)12-3-2-8-24-12)13(23)20-11-6-4-10(5-7-11)16(17,18)19/h2-9H,1H3,(H,20,23)/t9-/m1/s1. The Balaban J connectivity index is 1.59. The number of nitrogens with zero attached hydrogens (tertiary/aromatic N) is 2. The summed E-state index contributed by atoms with van der Waals surface area (Å²) in [6.07, 6.45) is -2.96. The van der Waals surface area contributed by atoms with Gasteiger partial charge < -0.3 is 14.2 Å². The van der Waals surface area contributed by atoms with Gasteiger partial charge in [-0.2, -0.15) is 13.2 Å². The van der Waals surface area contributed by atoms with Gasteiger partial charge in [-0.05, 0) is 43.3 Å². The SMILES string of the molecule is C[C@@H](Sc1nnc(-c2ccco2)o1)C(=O)Nc1ccc(C(F)(F)F)cc1. The molecule has 0 saturated heterocycles. The van der Waals surface area contributed by atoms with E-state index in [4.69, 9.17) is 8.83 Å². The summed E-state index contributed by atoms with van der Waals surface area (Å²) in [6, 6.07) is 7.52. The minimum Gasteiger partial charge on any atom is -0.459 e. The molecule has 0 spiro atoms. The monoisotopic (exact) mass is 383 g/mol. The number of aromatic nitrogens is 2. The van der Waals surface area contributed by atoms with Crippen molar-refractivity contribution in [1.82, 2.24) is 10.2 Å². The second-order valence-corrected chi connectivity index (χ2v) is 6.47. The van der Waals surface area contributed by atoms with Crippen LogP contribution in [0, 0.1) is 0 Å². The predicted octanol–water partition coefficient (Wildman–Crippen LogP) is 4.47. The number of hydrogen-bond acceptors (Lipinski definition) is 6. The van der Waals surface area contributed by atoms with Crippen LogP contribution in [0.15, 0.2) is 56.7 Å². The number of halogens is 3. The van der Waals surface area contributed by atoms with Crippen LogP contribution in [-0.4, -0.2) is 21.4 Å². The van der Waals surface area contributed by atoms with E-state index in [1.807, 2.05) is 0 Å². The Hall–Kier alpha value is -2.75. The van der Waals surface area contributed by atoms with Crippen LogP contribution in [-0.2, 0) is 11.0 Å². The third-order valence-electron chi connectivity index (χ3n) is 3.27. The Labute approximate surface area is 149 Å². The molecule has 3 aromatic rings. The molecule has 1 aromatic carbocycles. The molecule has 2 heterocycles. The molecule has 0 fully saturated rings. The van der Waals surface area contributed by atoms with Gasteiger partial charge in [0.05, 0.1) is 17.1 Å². The molecule has 2 aromatic heterocycles. The van der Waals surface area contributed by atoms with Crippen LogP contribution >= 0.6 is 11.8 Å². The third-order valence-corrected chi connectivity index (χ3v) is 4.20. The highest BCUT2D eigenvalue weighted by molar-refractivity contribution is 8.00. The summed E-state index contributed by atoms with van der Waals surface area (Å²) in [5.41, 5.74) is -0.522. The van der Waals surface area contributed by atoms with Gasteiger partial charge in [0.15, 0.2) is 5.76 Å². The molecule has 0 aliphatic heterocycles. The summed E-state index contributed by atoms with van der Waals surface area (Å²) in [5, 5.41) is 9.74. The van der Waals surface area contributed by atoms with E-state index >= 15 is 0 Å². The fraction of sp³-hybridized carbons (Fsp3) is 0.188. The summed E-state index contributed by atoms with van der Waals surface area (Å²) in [5.74, 6) is 0.187. The third kappa shape index (κ3) is 4.26. The molecule has 0 aliphatic carbocycles. The average molecular weight is 383 g/mol. The van der Waals surface area contributed by atoms with E-state index in [-0.39, 0.29) is 16.8 Å². The number of rotatable bonds is 5. The van der Waals surface area contributed by atoms with E-state index in [2.05, 4.69) is 15.5 Å². The first-order valence-corrected chi connectivity index (χ1v) is 8.23. The van der Waals surface area contributed by atoms with Crippen LogP contribution in [0.2, 0.25) is 0 Å². The van der Waals surface area contributed by atoms with Crippen LogP contribution in [0.4, 0.5) is 18.9 Å². The quantitative estimate of drug-likeness (QED) is 0.655. The lowest BCUT2D eigenvalue weighted by atomic mass is 10.2.